The van der Waals surface area contributed by atoms with Gasteiger partial charge in [-0.15, -0.1) is 5.10 Å². The molecular weight excluding hydrogens is 274 g/mol. The molecule has 1 radical (unpaired) electrons. The molecule has 0 atom stereocenters. The number of rotatable bonds is 4. The zero-order valence-electron chi connectivity index (χ0n) is 10.8. The van der Waals surface area contributed by atoms with E-state index in [2.05, 4.69) is 17.0 Å². The van der Waals surface area contributed by atoms with Gasteiger partial charge in [0.2, 0.25) is 5.88 Å². The van der Waals surface area contributed by atoms with E-state index in [1.165, 1.54) is 0 Å². The Balaban J connectivity index is 2.04. The van der Waals surface area contributed by atoms with Gasteiger partial charge in [-0.1, -0.05) is 23.7 Å². The SMILES string of the molecule is [CH2]CCOc1ccc2ncc(-c3ccc(Cl)cc3)n2n1. The number of imidazole rings is 1. The van der Waals surface area contributed by atoms with E-state index in [-0.39, 0.29) is 0 Å². The van der Waals surface area contributed by atoms with Gasteiger partial charge in [0.15, 0.2) is 5.65 Å². The molecular formula is C15H13ClN3O. The Morgan fingerprint density at radius 2 is 1.95 bits per heavy atom. The van der Waals surface area contributed by atoms with E-state index in [0.29, 0.717) is 23.9 Å². The molecule has 0 fully saturated rings. The number of hydrogen-bond acceptors (Lipinski definition) is 3. The molecule has 0 saturated carbocycles. The minimum Gasteiger partial charge on any atom is -0.477 e. The van der Waals surface area contributed by atoms with E-state index in [1.807, 2.05) is 36.4 Å². The zero-order valence-corrected chi connectivity index (χ0v) is 11.5. The smallest absolute Gasteiger partial charge is 0.231 e. The fraction of sp³-hybridized carbons (Fsp3) is 0.133. The van der Waals surface area contributed by atoms with Crippen LogP contribution in [-0.2, 0) is 0 Å². The fourth-order valence-electron chi connectivity index (χ4n) is 1.93. The highest BCUT2D eigenvalue weighted by Crippen LogP contribution is 2.23. The first-order chi connectivity index (χ1) is 9.78. The summed E-state index contributed by atoms with van der Waals surface area (Å²) in [5.74, 6) is 0.564. The third kappa shape index (κ3) is 2.47. The quantitative estimate of drug-likeness (QED) is 0.735. The first kappa shape index (κ1) is 12.9. The van der Waals surface area contributed by atoms with Gasteiger partial charge in [0.05, 0.1) is 18.5 Å². The lowest BCUT2D eigenvalue weighted by molar-refractivity contribution is 0.307. The summed E-state index contributed by atoms with van der Waals surface area (Å²) >= 11 is 5.91. The van der Waals surface area contributed by atoms with E-state index < -0.39 is 0 Å². The topological polar surface area (TPSA) is 39.4 Å². The second-order valence-electron chi connectivity index (χ2n) is 4.29. The molecule has 0 aliphatic carbocycles. The normalized spacial score (nSPS) is 10.9. The molecule has 3 aromatic rings. The van der Waals surface area contributed by atoms with E-state index in [4.69, 9.17) is 16.3 Å². The minimum absolute atomic E-state index is 0.545. The largest absolute Gasteiger partial charge is 0.477 e. The van der Waals surface area contributed by atoms with Gasteiger partial charge in [0, 0.05) is 16.7 Å². The molecule has 0 N–H and O–H groups in total. The molecule has 1 aromatic carbocycles. The fourth-order valence-corrected chi connectivity index (χ4v) is 2.05. The van der Waals surface area contributed by atoms with Crippen molar-refractivity contribution in [2.45, 2.75) is 6.42 Å². The number of fused-ring (bicyclic) bond motifs is 1. The molecule has 0 amide bonds. The van der Waals surface area contributed by atoms with Crippen LogP contribution in [0.2, 0.25) is 5.02 Å². The molecule has 0 bridgehead atoms. The van der Waals surface area contributed by atoms with Gasteiger partial charge >= 0.3 is 0 Å². The number of ether oxygens (including phenoxy) is 1. The second kappa shape index (κ2) is 5.51. The average Bonchev–Trinajstić information content (AvgIpc) is 2.89. The highest BCUT2D eigenvalue weighted by atomic mass is 35.5. The molecule has 5 heteroatoms. The summed E-state index contributed by atoms with van der Waals surface area (Å²) in [7, 11) is 0. The Kier molecular flexibility index (Phi) is 3.56. The summed E-state index contributed by atoms with van der Waals surface area (Å²) in [5, 5.41) is 5.15. The van der Waals surface area contributed by atoms with Crippen molar-refractivity contribution in [2.24, 2.45) is 0 Å². The van der Waals surface area contributed by atoms with E-state index >= 15 is 0 Å². The number of nitrogens with zero attached hydrogens (tertiary/aromatic N) is 3. The third-order valence-electron chi connectivity index (χ3n) is 2.87. The summed E-state index contributed by atoms with van der Waals surface area (Å²) in [4.78, 5) is 4.34. The van der Waals surface area contributed by atoms with Gasteiger partial charge < -0.3 is 4.74 Å². The molecule has 2 heterocycles. The highest BCUT2D eigenvalue weighted by Gasteiger charge is 2.08. The van der Waals surface area contributed by atoms with Crippen LogP contribution in [0.15, 0.2) is 42.6 Å². The van der Waals surface area contributed by atoms with Gasteiger partial charge in [0.25, 0.3) is 0 Å². The summed E-state index contributed by atoms with van der Waals surface area (Å²) in [6.45, 7) is 4.29. The van der Waals surface area contributed by atoms with E-state index in [1.54, 1.807) is 10.7 Å². The van der Waals surface area contributed by atoms with Crippen LogP contribution >= 0.6 is 11.6 Å². The Labute approximate surface area is 122 Å². The monoisotopic (exact) mass is 286 g/mol. The molecule has 4 nitrogen and oxygen atoms in total. The predicted molar refractivity (Wildman–Crippen MR) is 78.9 cm³/mol. The Bertz CT molecular complexity index is 722. The van der Waals surface area contributed by atoms with Crippen molar-refractivity contribution in [3.8, 4) is 17.1 Å². The lowest BCUT2D eigenvalue weighted by Gasteiger charge is -2.05. The number of benzene rings is 1. The molecule has 3 rings (SSSR count). The van der Waals surface area contributed by atoms with Crippen LogP contribution in [0.25, 0.3) is 16.9 Å². The van der Waals surface area contributed by atoms with Gasteiger partial charge in [-0.2, -0.15) is 0 Å². The number of aromatic nitrogens is 3. The van der Waals surface area contributed by atoms with Crippen LogP contribution in [0.1, 0.15) is 6.42 Å². The summed E-state index contributed by atoms with van der Waals surface area (Å²) in [6.07, 6.45) is 2.49. The molecule has 2 aromatic heterocycles. The minimum atomic E-state index is 0.545. The van der Waals surface area contributed by atoms with Gasteiger partial charge in [0.1, 0.15) is 0 Å². The first-order valence-electron chi connectivity index (χ1n) is 6.31. The van der Waals surface area contributed by atoms with Gasteiger partial charge in [-0.05, 0) is 31.5 Å². The lowest BCUT2D eigenvalue weighted by Crippen LogP contribution is -2.01. The molecule has 0 aliphatic rings. The van der Waals surface area contributed by atoms with Crippen LogP contribution in [-0.4, -0.2) is 21.2 Å². The number of hydrogen-bond donors (Lipinski definition) is 0. The lowest BCUT2D eigenvalue weighted by atomic mass is 10.2. The number of halogens is 1. The van der Waals surface area contributed by atoms with Crippen molar-refractivity contribution >= 4 is 17.2 Å². The Morgan fingerprint density at radius 3 is 2.70 bits per heavy atom. The first-order valence-corrected chi connectivity index (χ1v) is 6.68. The molecule has 0 aliphatic heterocycles. The van der Waals surface area contributed by atoms with Gasteiger partial charge in [-0.3, -0.25) is 0 Å². The van der Waals surface area contributed by atoms with Crippen molar-refractivity contribution in [3.05, 3.63) is 54.5 Å². The third-order valence-corrected chi connectivity index (χ3v) is 3.12. The summed E-state index contributed by atoms with van der Waals surface area (Å²) in [6, 6.07) is 11.3. The van der Waals surface area contributed by atoms with Crippen LogP contribution in [0.4, 0.5) is 0 Å². The maximum atomic E-state index is 5.91. The molecule has 20 heavy (non-hydrogen) atoms. The standard InChI is InChI=1S/C15H13ClN3O/c1-2-9-20-15-8-7-14-17-10-13(19(14)18-15)11-3-5-12(16)6-4-11/h3-8,10H,1-2,9H2. The van der Waals surface area contributed by atoms with Gasteiger partial charge in [-0.25, -0.2) is 9.50 Å². The van der Waals surface area contributed by atoms with Crippen molar-refractivity contribution < 1.29 is 4.74 Å². The van der Waals surface area contributed by atoms with Crippen molar-refractivity contribution in [1.82, 2.24) is 14.6 Å². The average molecular weight is 287 g/mol. The Hall–Kier alpha value is -2.07. The van der Waals surface area contributed by atoms with Crippen LogP contribution in [0.5, 0.6) is 5.88 Å². The van der Waals surface area contributed by atoms with Crippen molar-refractivity contribution in [1.29, 1.82) is 0 Å². The maximum Gasteiger partial charge on any atom is 0.231 e. The summed E-state index contributed by atoms with van der Waals surface area (Å²) < 4.78 is 7.26. The maximum absolute atomic E-state index is 5.91. The van der Waals surface area contributed by atoms with Crippen molar-refractivity contribution in [2.75, 3.05) is 6.61 Å². The second-order valence-corrected chi connectivity index (χ2v) is 4.73. The van der Waals surface area contributed by atoms with E-state index in [0.717, 1.165) is 16.9 Å². The molecule has 0 spiro atoms. The van der Waals surface area contributed by atoms with Crippen LogP contribution in [0.3, 0.4) is 0 Å². The predicted octanol–water partition coefficient (Wildman–Crippen LogP) is 3.65. The highest BCUT2D eigenvalue weighted by molar-refractivity contribution is 6.30. The van der Waals surface area contributed by atoms with Crippen molar-refractivity contribution in [3.63, 3.8) is 0 Å². The Morgan fingerprint density at radius 1 is 1.15 bits per heavy atom. The molecule has 0 unspecified atom stereocenters. The molecule has 0 saturated heterocycles. The van der Waals surface area contributed by atoms with Crippen LogP contribution < -0.4 is 4.74 Å². The summed E-state index contributed by atoms with van der Waals surface area (Å²) in [5.41, 5.74) is 2.68. The molecule has 101 valence electrons. The van der Waals surface area contributed by atoms with Crippen LogP contribution in [0, 0.1) is 6.92 Å². The zero-order chi connectivity index (χ0) is 13.9. The van der Waals surface area contributed by atoms with E-state index in [9.17, 15) is 0 Å².